The van der Waals surface area contributed by atoms with Gasteiger partial charge >= 0.3 is 5.69 Å². The fourth-order valence-corrected chi connectivity index (χ4v) is 5.53. The topological polar surface area (TPSA) is 118 Å². The van der Waals surface area contributed by atoms with Crippen LogP contribution in [0.25, 0.3) is 22.3 Å². The van der Waals surface area contributed by atoms with Crippen molar-refractivity contribution in [2.24, 2.45) is 4.99 Å². The van der Waals surface area contributed by atoms with Crippen molar-refractivity contribution in [3.05, 3.63) is 56.2 Å². The van der Waals surface area contributed by atoms with Crippen molar-refractivity contribution < 1.29 is 5.11 Å². The Hall–Kier alpha value is -3.28. The molecular weight excluding hydrogens is 464 g/mol. The van der Waals surface area contributed by atoms with Crippen LogP contribution in [0.1, 0.15) is 29.8 Å². The van der Waals surface area contributed by atoms with Gasteiger partial charge in [-0.2, -0.15) is 9.61 Å². The highest BCUT2D eigenvalue weighted by Crippen LogP contribution is 2.28. The lowest BCUT2D eigenvalue weighted by atomic mass is 10.2. The number of rotatable bonds is 6. The summed E-state index contributed by atoms with van der Waals surface area (Å²) in [5.74, 6) is -0.213. The molecule has 1 atom stereocenters. The summed E-state index contributed by atoms with van der Waals surface area (Å²) in [6.07, 6.45) is 6.73. The number of fused-ring (bicyclic) bond motifs is 1. The molecule has 0 bridgehead atoms. The van der Waals surface area contributed by atoms with Crippen LogP contribution in [-0.2, 0) is 6.54 Å². The third kappa shape index (κ3) is 4.54. The van der Waals surface area contributed by atoms with Gasteiger partial charge in [-0.25, -0.2) is 9.78 Å². The van der Waals surface area contributed by atoms with E-state index in [2.05, 4.69) is 51.1 Å². The summed E-state index contributed by atoms with van der Waals surface area (Å²) >= 11 is 1.76. The molecule has 0 aromatic carbocycles. The summed E-state index contributed by atoms with van der Waals surface area (Å²) in [4.78, 5) is 33.5. The van der Waals surface area contributed by atoms with E-state index in [1.807, 2.05) is 6.07 Å². The molecule has 4 aromatic heterocycles. The van der Waals surface area contributed by atoms with Gasteiger partial charge in [0.25, 0.3) is 0 Å². The van der Waals surface area contributed by atoms with Gasteiger partial charge in [-0.15, -0.1) is 11.3 Å². The summed E-state index contributed by atoms with van der Waals surface area (Å²) in [5.41, 5.74) is 2.07. The lowest BCUT2D eigenvalue weighted by molar-refractivity contribution is 0.266. The summed E-state index contributed by atoms with van der Waals surface area (Å²) in [6, 6.07) is 7.28. The van der Waals surface area contributed by atoms with Gasteiger partial charge in [-0.1, -0.05) is 0 Å². The Morgan fingerprint density at radius 3 is 2.86 bits per heavy atom. The fourth-order valence-electron chi connectivity index (χ4n) is 4.52. The van der Waals surface area contributed by atoms with Crippen molar-refractivity contribution in [3.8, 4) is 16.5 Å². The van der Waals surface area contributed by atoms with Crippen molar-refractivity contribution >= 4 is 23.1 Å². The van der Waals surface area contributed by atoms with Crippen molar-refractivity contribution in [1.29, 1.82) is 0 Å². The van der Waals surface area contributed by atoms with Gasteiger partial charge < -0.3 is 15.0 Å². The Bertz CT molecular complexity index is 1560. The Balaban J connectivity index is 1.38. The number of aromatic hydroxyl groups is 1. The number of H-pyrrole nitrogens is 2. The Labute approximate surface area is 205 Å². The van der Waals surface area contributed by atoms with Crippen LogP contribution in [0.3, 0.4) is 0 Å². The molecule has 0 spiro atoms. The second-order valence-electron chi connectivity index (χ2n) is 9.59. The Morgan fingerprint density at radius 2 is 2.14 bits per heavy atom. The molecule has 1 unspecified atom stereocenters. The SMILES string of the molecule is CN(C)C1CCN(Cc2ccc(-c3cc(=NC4CC4)n4ncc(=Cc5[nH]c(=O)[nH]c5O)c4n3)s2)C1. The van der Waals surface area contributed by atoms with Crippen molar-refractivity contribution in [3.63, 3.8) is 0 Å². The molecule has 35 heavy (non-hydrogen) atoms. The molecule has 1 saturated carbocycles. The van der Waals surface area contributed by atoms with Gasteiger partial charge in [0.1, 0.15) is 5.69 Å². The molecule has 10 nitrogen and oxygen atoms in total. The predicted octanol–water partition coefficient (Wildman–Crippen LogP) is 0.926. The van der Waals surface area contributed by atoms with Crippen LogP contribution in [0.4, 0.5) is 0 Å². The molecule has 4 aromatic rings. The van der Waals surface area contributed by atoms with E-state index in [4.69, 9.17) is 9.98 Å². The molecule has 0 amide bonds. The van der Waals surface area contributed by atoms with Gasteiger partial charge in [0.15, 0.2) is 11.1 Å². The van der Waals surface area contributed by atoms with Gasteiger partial charge in [0.05, 0.1) is 22.8 Å². The highest BCUT2D eigenvalue weighted by molar-refractivity contribution is 7.15. The molecule has 3 N–H and O–H groups in total. The van der Waals surface area contributed by atoms with E-state index in [-0.39, 0.29) is 11.6 Å². The standard InChI is InChI=1S/C24H28N8O2S/c1-30(2)16-7-8-31(12-16)13-17-5-6-20(35-17)18-10-21(26-15-3-4-15)32-22(27-18)14(11-25-32)9-19-23(33)29-24(34)28-19/h5-6,9-11,15-16,33H,3-4,7-8,12-13H2,1-2H3,(H2,28,29,34). The highest BCUT2D eigenvalue weighted by Gasteiger charge is 2.24. The monoisotopic (exact) mass is 492 g/mol. The van der Waals surface area contributed by atoms with Gasteiger partial charge in [-0.05, 0) is 51.6 Å². The first kappa shape index (κ1) is 22.2. The summed E-state index contributed by atoms with van der Waals surface area (Å²) in [5, 5.41) is 15.2. The predicted molar refractivity (Wildman–Crippen MR) is 134 cm³/mol. The Kier molecular flexibility index (Phi) is 5.54. The molecule has 11 heteroatoms. The van der Waals surface area contributed by atoms with E-state index in [0.29, 0.717) is 22.9 Å². The van der Waals surface area contributed by atoms with Gasteiger partial charge in [-0.3, -0.25) is 14.9 Å². The molecule has 0 radical (unpaired) electrons. The molecule has 1 aliphatic heterocycles. The number of hydrogen-bond donors (Lipinski definition) is 3. The van der Waals surface area contributed by atoms with E-state index in [0.717, 1.165) is 48.5 Å². The summed E-state index contributed by atoms with van der Waals surface area (Å²) < 4.78 is 1.73. The van der Waals surface area contributed by atoms with Gasteiger partial charge in [0, 0.05) is 41.8 Å². The van der Waals surface area contributed by atoms with Crippen LogP contribution >= 0.6 is 11.3 Å². The van der Waals surface area contributed by atoms with Crippen molar-refractivity contribution in [2.75, 3.05) is 27.2 Å². The quantitative estimate of drug-likeness (QED) is 0.369. The zero-order valence-corrected chi connectivity index (χ0v) is 20.5. The smallest absolute Gasteiger partial charge is 0.326 e. The maximum atomic E-state index is 11.6. The second-order valence-corrected chi connectivity index (χ2v) is 10.8. The van der Waals surface area contributed by atoms with Crippen LogP contribution in [0.15, 0.2) is 34.2 Å². The molecule has 1 aliphatic carbocycles. The number of nitrogens with zero attached hydrogens (tertiary/aromatic N) is 6. The van der Waals surface area contributed by atoms with E-state index in [1.165, 1.54) is 11.3 Å². The van der Waals surface area contributed by atoms with Crippen LogP contribution in [-0.4, -0.2) is 78.7 Å². The normalized spacial score (nSPS) is 20.1. The third-order valence-corrected chi connectivity index (χ3v) is 7.74. The molecule has 2 aliphatic rings. The second kappa shape index (κ2) is 8.74. The summed E-state index contributed by atoms with van der Waals surface area (Å²) in [7, 11) is 4.31. The maximum absolute atomic E-state index is 11.6. The number of aromatic nitrogens is 5. The lowest BCUT2D eigenvalue weighted by Crippen LogP contribution is -2.31. The first-order valence-electron chi connectivity index (χ1n) is 11.9. The van der Waals surface area contributed by atoms with Crippen LogP contribution < -0.4 is 16.4 Å². The molecule has 6 rings (SSSR count). The van der Waals surface area contributed by atoms with Gasteiger partial charge in [0.2, 0.25) is 5.88 Å². The minimum atomic E-state index is -0.468. The average molecular weight is 493 g/mol. The van der Waals surface area contributed by atoms with E-state index in [1.54, 1.807) is 28.1 Å². The molecule has 5 heterocycles. The Morgan fingerprint density at radius 1 is 1.29 bits per heavy atom. The number of nitrogens with one attached hydrogen (secondary N) is 2. The summed E-state index contributed by atoms with van der Waals surface area (Å²) in [6.45, 7) is 3.16. The third-order valence-electron chi connectivity index (χ3n) is 6.65. The highest BCUT2D eigenvalue weighted by atomic mass is 32.1. The number of likely N-dealkylation sites (tertiary alicyclic amines) is 1. The average Bonchev–Trinajstić information content (AvgIpc) is 3.18. The fraction of sp³-hybridized carbons (Fsp3) is 0.417. The maximum Gasteiger partial charge on any atom is 0.326 e. The van der Waals surface area contributed by atoms with Crippen molar-refractivity contribution in [1.82, 2.24) is 34.4 Å². The molecule has 182 valence electrons. The van der Waals surface area contributed by atoms with E-state index >= 15 is 0 Å². The van der Waals surface area contributed by atoms with Crippen LogP contribution in [0.5, 0.6) is 5.88 Å². The number of aromatic amines is 2. The molecule has 2 fully saturated rings. The molecular formula is C24H28N8O2S. The number of likely N-dealkylation sites (N-methyl/N-ethyl adjacent to an activating group) is 1. The van der Waals surface area contributed by atoms with Crippen molar-refractivity contribution in [2.45, 2.75) is 37.9 Å². The number of thiophene rings is 1. The minimum absolute atomic E-state index is 0.213. The number of hydrogen-bond acceptors (Lipinski definition) is 8. The first-order valence-corrected chi connectivity index (χ1v) is 12.7. The number of imidazole rings is 1. The minimum Gasteiger partial charge on any atom is -0.493 e. The zero-order valence-electron chi connectivity index (χ0n) is 19.7. The van der Waals surface area contributed by atoms with Crippen LogP contribution in [0.2, 0.25) is 0 Å². The largest absolute Gasteiger partial charge is 0.493 e. The first-order chi connectivity index (χ1) is 16.9. The molecule has 1 saturated heterocycles. The van der Waals surface area contributed by atoms with E-state index in [9.17, 15) is 9.90 Å². The van der Waals surface area contributed by atoms with Crippen LogP contribution in [0, 0.1) is 0 Å². The lowest BCUT2D eigenvalue weighted by Gasteiger charge is -2.19. The zero-order chi connectivity index (χ0) is 24.1. The van der Waals surface area contributed by atoms with E-state index < -0.39 is 5.69 Å².